The number of halogens is 4. The van der Waals surface area contributed by atoms with E-state index in [1.54, 1.807) is 12.4 Å². The Kier molecular flexibility index (Phi) is 4.75. The van der Waals surface area contributed by atoms with Gasteiger partial charge >= 0.3 is 6.18 Å². The van der Waals surface area contributed by atoms with E-state index in [-0.39, 0.29) is 16.8 Å². The third kappa shape index (κ3) is 3.87. The number of thiazole rings is 1. The van der Waals surface area contributed by atoms with E-state index in [9.17, 15) is 13.2 Å². The van der Waals surface area contributed by atoms with Gasteiger partial charge in [0.2, 0.25) is 0 Å². The van der Waals surface area contributed by atoms with Crippen LogP contribution in [0.2, 0.25) is 5.02 Å². The zero-order valence-corrected chi connectivity index (χ0v) is 12.8. The van der Waals surface area contributed by atoms with Crippen molar-refractivity contribution in [3.8, 4) is 0 Å². The van der Waals surface area contributed by atoms with E-state index in [0.29, 0.717) is 5.13 Å². The van der Waals surface area contributed by atoms with Gasteiger partial charge in [0.1, 0.15) is 0 Å². The van der Waals surface area contributed by atoms with Gasteiger partial charge in [0, 0.05) is 16.4 Å². The molecule has 0 saturated carbocycles. The number of nitrogens with zero attached hydrogens (tertiary/aromatic N) is 1. The molecule has 1 heterocycles. The van der Waals surface area contributed by atoms with E-state index in [4.69, 9.17) is 11.6 Å². The Labute approximate surface area is 129 Å². The van der Waals surface area contributed by atoms with Crippen LogP contribution in [-0.4, -0.2) is 12.0 Å². The minimum atomic E-state index is -4.48. The molecule has 0 aliphatic rings. The zero-order valence-electron chi connectivity index (χ0n) is 11.3. The summed E-state index contributed by atoms with van der Waals surface area (Å²) in [6.07, 6.45) is -4.48. The third-order valence-electron chi connectivity index (χ3n) is 2.93. The lowest BCUT2D eigenvalue weighted by Gasteiger charge is -2.13. The van der Waals surface area contributed by atoms with Gasteiger partial charge in [0.05, 0.1) is 16.9 Å². The van der Waals surface area contributed by atoms with Crippen LogP contribution in [0.1, 0.15) is 24.2 Å². The molecule has 1 unspecified atom stereocenters. The molecule has 0 saturated heterocycles. The van der Waals surface area contributed by atoms with Crippen molar-refractivity contribution in [3.05, 3.63) is 39.9 Å². The molecule has 0 spiro atoms. The van der Waals surface area contributed by atoms with Crippen LogP contribution in [0.25, 0.3) is 0 Å². The summed E-state index contributed by atoms with van der Waals surface area (Å²) < 4.78 is 39.0. The highest BCUT2D eigenvalue weighted by Gasteiger charge is 2.34. The molecule has 21 heavy (non-hydrogen) atoms. The van der Waals surface area contributed by atoms with Crippen LogP contribution in [0, 0.1) is 0 Å². The normalized spacial score (nSPS) is 13.2. The second-order valence-corrected chi connectivity index (χ2v) is 5.70. The largest absolute Gasteiger partial charge is 0.418 e. The number of alkyl halides is 3. The molecule has 2 N–H and O–H groups in total. The van der Waals surface area contributed by atoms with Crippen molar-refractivity contribution >= 4 is 33.8 Å². The van der Waals surface area contributed by atoms with Crippen LogP contribution in [-0.2, 0) is 6.18 Å². The van der Waals surface area contributed by atoms with E-state index in [2.05, 4.69) is 15.6 Å². The lowest BCUT2D eigenvalue weighted by atomic mass is 10.1. The van der Waals surface area contributed by atoms with Gasteiger partial charge in [-0.1, -0.05) is 11.6 Å². The molecule has 1 atom stereocenters. The van der Waals surface area contributed by atoms with Crippen LogP contribution < -0.4 is 10.6 Å². The summed E-state index contributed by atoms with van der Waals surface area (Å²) in [5.41, 5.74) is -0.106. The molecule has 2 aromatic rings. The summed E-state index contributed by atoms with van der Waals surface area (Å²) >= 11 is 6.89. The quantitative estimate of drug-likeness (QED) is 0.839. The molecule has 0 amide bonds. The predicted octanol–water partition coefficient (Wildman–Crippen LogP) is 4.84. The number of nitrogens with one attached hydrogen (secondary N) is 2. The lowest BCUT2D eigenvalue weighted by Crippen LogP contribution is -2.12. The topological polar surface area (TPSA) is 37.0 Å². The summed E-state index contributed by atoms with van der Waals surface area (Å²) in [5.74, 6) is 0. The SMILES string of the molecule is CNC(C)c1csc(Nc2ccc(Cl)cc2C(F)(F)F)n1. The van der Waals surface area contributed by atoms with Crippen molar-refractivity contribution < 1.29 is 13.2 Å². The van der Waals surface area contributed by atoms with Crippen molar-refractivity contribution in [1.29, 1.82) is 0 Å². The third-order valence-corrected chi connectivity index (χ3v) is 3.94. The number of hydrogen-bond donors (Lipinski definition) is 2. The molecular weight excluding hydrogens is 323 g/mol. The maximum absolute atomic E-state index is 13.0. The van der Waals surface area contributed by atoms with Gasteiger partial charge in [0.25, 0.3) is 0 Å². The van der Waals surface area contributed by atoms with Gasteiger partial charge in [-0.2, -0.15) is 13.2 Å². The monoisotopic (exact) mass is 335 g/mol. The molecule has 0 bridgehead atoms. The van der Waals surface area contributed by atoms with Gasteiger partial charge in [-0.3, -0.25) is 0 Å². The summed E-state index contributed by atoms with van der Waals surface area (Å²) in [5, 5.41) is 7.97. The standard InChI is InChI=1S/C13H13ClF3N3S/c1-7(18-2)11-6-21-12(20-11)19-10-4-3-8(14)5-9(10)13(15,16)17/h3-7,18H,1-2H3,(H,19,20). The Hall–Kier alpha value is -1.31. The fraction of sp³-hybridized carbons (Fsp3) is 0.308. The van der Waals surface area contributed by atoms with E-state index in [0.717, 1.165) is 11.8 Å². The van der Waals surface area contributed by atoms with Crippen molar-refractivity contribution in [2.24, 2.45) is 0 Å². The van der Waals surface area contributed by atoms with Crippen molar-refractivity contribution in [2.75, 3.05) is 12.4 Å². The highest BCUT2D eigenvalue weighted by atomic mass is 35.5. The fourth-order valence-electron chi connectivity index (χ4n) is 1.67. The Bertz CT molecular complexity index is 627. The van der Waals surface area contributed by atoms with Crippen LogP contribution >= 0.6 is 22.9 Å². The second kappa shape index (κ2) is 6.21. The summed E-state index contributed by atoms with van der Waals surface area (Å²) in [4.78, 5) is 4.27. The van der Waals surface area contributed by atoms with Crippen molar-refractivity contribution in [1.82, 2.24) is 10.3 Å². The average molecular weight is 336 g/mol. The van der Waals surface area contributed by atoms with Gasteiger partial charge in [-0.15, -0.1) is 11.3 Å². The molecule has 8 heteroatoms. The zero-order chi connectivity index (χ0) is 15.6. The van der Waals surface area contributed by atoms with Crippen LogP contribution in [0.4, 0.5) is 24.0 Å². The van der Waals surface area contributed by atoms with E-state index >= 15 is 0 Å². The number of rotatable bonds is 4. The van der Waals surface area contributed by atoms with E-state index < -0.39 is 11.7 Å². The van der Waals surface area contributed by atoms with Crippen LogP contribution in [0.5, 0.6) is 0 Å². The van der Waals surface area contributed by atoms with Crippen LogP contribution in [0.3, 0.4) is 0 Å². The van der Waals surface area contributed by atoms with E-state index in [1.165, 1.54) is 23.5 Å². The first kappa shape index (κ1) is 16.1. The highest BCUT2D eigenvalue weighted by molar-refractivity contribution is 7.13. The molecule has 0 radical (unpaired) electrons. The molecule has 0 aliphatic heterocycles. The number of hydrogen-bond acceptors (Lipinski definition) is 4. The first-order valence-corrected chi connectivity index (χ1v) is 7.33. The van der Waals surface area contributed by atoms with Crippen molar-refractivity contribution in [2.45, 2.75) is 19.1 Å². The minimum absolute atomic E-state index is 0.0316. The number of anilines is 2. The molecule has 1 aromatic heterocycles. The molecule has 2 rings (SSSR count). The van der Waals surface area contributed by atoms with Crippen LogP contribution in [0.15, 0.2) is 23.6 Å². The van der Waals surface area contributed by atoms with Gasteiger partial charge in [-0.25, -0.2) is 4.98 Å². The predicted molar refractivity (Wildman–Crippen MR) is 79.3 cm³/mol. The summed E-state index contributed by atoms with van der Waals surface area (Å²) in [6, 6.07) is 3.63. The minimum Gasteiger partial charge on any atom is -0.331 e. The first-order chi connectivity index (χ1) is 9.81. The Balaban J connectivity index is 2.29. The Morgan fingerprint density at radius 2 is 2.05 bits per heavy atom. The Morgan fingerprint density at radius 1 is 1.33 bits per heavy atom. The maximum Gasteiger partial charge on any atom is 0.418 e. The Morgan fingerprint density at radius 3 is 2.67 bits per heavy atom. The summed E-state index contributed by atoms with van der Waals surface area (Å²) in [6.45, 7) is 1.92. The molecular formula is C13H13ClF3N3S. The molecule has 0 fully saturated rings. The lowest BCUT2D eigenvalue weighted by molar-refractivity contribution is -0.136. The van der Waals surface area contributed by atoms with Gasteiger partial charge in [0.15, 0.2) is 5.13 Å². The molecule has 3 nitrogen and oxygen atoms in total. The molecule has 1 aromatic carbocycles. The van der Waals surface area contributed by atoms with Crippen molar-refractivity contribution in [3.63, 3.8) is 0 Å². The smallest absolute Gasteiger partial charge is 0.331 e. The number of aromatic nitrogens is 1. The first-order valence-electron chi connectivity index (χ1n) is 6.07. The molecule has 0 aliphatic carbocycles. The highest BCUT2D eigenvalue weighted by Crippen LogP contribution is 2.38. The fourth-order valence-corrected chi connectivity index (χ4v) is 2.65. The number of benzene rings is 1. The van der Waals surface area contributed by atoms with Gasteiger partial charge < -0.3 is 10.6 Å². The maximum atomic E-state index is 13.0. The van der Waals surface area contributed by atoms with Gasteiger partial charge in [-0.05, 0) is 32.2 Å². The van der Waals surface area contributed by atoms with E-state index in [1.807, 2.05) is 6.92 Å². The average Bonchev–Trinajstić information content (AvgIpc) is 2.87. The summed E-state index contributed by atoms with van der Waals surface area (Å²) in [7, 11) is 1.79. The second-order valence-electron chi connectivity index (χ2n) is 4.40. The molecule has 114 valence electrons.